The van der Waals surface area contributed by atoms with Crippen LogP contribution in [0.15, 0.2) is 0 Å². The quantitative estimate of drug-likeness (QED) is 0.597. The first-order chi connectivity index (χ1) is 6.60. The van der Waals surface area contributed by atoms with Crippen molar-refractivity contribution in [3.05, 3.63) is 0 Å². The Hall–Kier alpha value is -1.01. The molecule has 1 aliphatic heterocycles. The highest BCUT2D eigenvalue weighted by atomic mass is 16.3. The summed E-state index contributed by atoms with van der Waals surface area (Å²) in [5.74, 6) is 1.72. The van der Waals surface area contributed by atoms with Crippen molar-refractivity contribution < 1.29 is 9.90 Å². The van der Waals surface area contributed by atoms with Crippen LogP contribution in [0.4, 0.5) is 0 Å². The molecule has 1 heterocycles. The second kappa shape index (κ2) is 7.40. The summed E-state index contributed by atoms with van der Waals surface area (Å²) in [6.45, 7) is 8.54. The lowest BCUT2D eigenvalue weighted by atomic mass is 10.1. The summed E-state index contributed by atoms with van der Waals surface area (Å²) >= 11 is 0. The number of carbonyl (C=O) groups excluding carboxylic acids is 1. The van der Waals surface area contributed by atoms with Crippen molar-refractivity contribution in [3.8, 4) is 12.3 Å². The molecule has 3 nitrogen and oxygen atoms in total. The van der Waals surface area contributed by atoms with Crippen LogP contribution in [0.25, 0.3) is 0 Å². The summed E-state index contributed by atoms with van der Waals surface area (Å²) in [7, 11) is 1.62. The Morgan fingerprint density at radius 3 is 2.00 bits per heavy atom. The Bertz CT molecular complexity index is 208. The highest BCUT2D eigenvalue weighted by Crippen LogP contribution is 2.19. The molecule has 1 atom stereocenters. The first-order valence-electron chi connectivity index (χ1n) is 5.06. The number of nitrogens with zero attached hydrogens (tertiary/aromatic N) is 1. The molecule has 0 radical (unpaired) electrons. The summed E-state index contributed by atoms with van der Waals surface area (Å²) in [4.78, 5) is 12.4. The van der Waals surface area contributed by atoms with Crippen molar-refractivity contribution in [3.63, 3.8) is 0 Å². The number of aliphatic hydroxyl groups is 1. The van der Waals surface area contributed by atoms with Crippen molar-refractivity contribution >= 4 is 5.91 Å². The van der Waals surface area contributed by atoms with Crippen molar-refractivity contribution in [1.29, 1.82) is 0 Å². The highest BCUT2D eigenvalue weighted by Gasteiger charge is 2.41. The molecular weight excluding hydrogens is 178 g/mol. The minimum Gasteiger partial charge on any atom is -0.369 e. The van der Waals surface area contributed by atoms with E-state index in [1.54, 1.807) is 7.05 Å². The summed E-state index contributed by atoms with van der Waals surface area (Å²) < 4.78 is 0. The van der Waals surface area contributed by atoms with Crippen LogP contribution in [0.5, 0.6) is 0 Å². The zero-order valence-electron chi connectivity index (χ0n) is 9.79. The average molecular weight is 199 g/mol. The highest BCUT2D eigenvalue weighted by molar-refractivity contribution is 5.90. The standard InChI is InChI=1S/C7H9NO2.2C2H6/c1-3-7(10)4-5-8(2)6(7)9;2*1-2/h1,10H,4-5H2,2H3;2*1-2H3. The van der Waals surface area contributed by atoms with Gasteiger partial charge in [-0.15, -0.1) is 6.42 Å². The fourth-order valence-electron chi connectivity index (χ4n) is 0.988. The van der Waals surface area contributed by atoms with Gasteiger partial charge < -0.3 is 10.0 Å². The van der Waals surface area contributed by atoms with Crippen molar-refractivity contribution in [2.45, 2.75) is 39.7 Å². The van der Waals surface area contributed by atoms with E-state index in [1.165, 1.54) is 4.90 Å². The average Bonchev–Trinajstić information content (AvgIpc) is 2.53. The molecule has 1 amide bonds. The van der Waals surface area contributed by atoms with Gasteiger partial charge >= 0.3 is 0 Å². The topological polar surface area (TPSA) is 40.5 Å². The van der Waals surface area contributed by atoms with Crippen LogP contribution in [-0.4, -0.2) is 35.1 Å². The maximum Gasteiger partial charge on any atom is 0.267 e. The molecule has 1 rings (SSSR count). The van der Waals surface area contributed by atoms with Crippen LogP contribution < -0.4 is 0 Å². The minimum absolute atomic E-state index is 0.346. The van der Waals surface area contributed by atoms with Gasteiger partial charge in [-0.3, -0.25) is 4.79 Å². The largest absolute Gasteiger partial charge is 0.369 e. The molecule has 1 aliphatic rings. The SMILES string of the molecule is C#CC1(O)CCN(C)C1=O.CC.CC. The lowest BCUT2D eigenvalue weighted by Crippen LogP contribution is -2.36. The lowest BCUT2D eigenvalue weighted by molar-refractivity contribution is -0.137. The molecule has 3 heteroatoms. The van der Waals surface area contributed by atoms with Gasteiger partial charge in [0.2, 0.25) is 5.60 Å². The smallest absolute Gasteiger partial charge is 0.267 e. The molecule has 0 aromatic heterocycles. The third kappa shape index (κ3) is 3.39. The molecule has 0 aliphatic carbocycles. The third-order valence-electron chi connectivity index (χ3n) is 1.75. The monoisotopic (exact) mass is 199 g/mol. The number of rotatable bonds is 0. The maximum absolute atomic E-state index is 11.0. The van der Waals surface area contributed by atoms with Gasteiger partial charge in [-0.2, -0.15) is 0 Å². The summed E-state index contributed by atoms with van der Waals surface area (Å²) in [5, 5.41) is 9.31. The number of terminal acetylenes is 1. The fourth-order valence-corrected chi connectivity index (χ4v) is 0.988. The molecule has 0 aromatic carbocycles. The predicted molar refractivity (Wildman–Crippen MR) is 58.7 cm³/mol. The van der Waals surface area contributed by atoms with Crippen LogP contribution in [0.2, 0.25) is 0 Å². The molecule has 0 aromatic rings. The molecule has 0 spiro atoms. The van der Waals surface area contributed by atoms with E-state index in [2.05, 4.69) is 5.92 Å². The Balaban J connectivity index is 0. The normalized spacial score (nSPS) is 24.1. The zero-order chi connectivity index (χ0) is 11.8. The van der Waals surface area contributed by atoms with E-state index in [0.717, 1.165) is 0 Å². The van der Waals surface area contributed by atoms with Gasteiger partial charge in [-0.1, -0.05) is 33.6 Å². The van der Waals surface area contributed by atoms with Crippen LogP contribution >= 0.6 is 0 Å². The van der Waals surface area contributed by atoms with E-state index >= 15 is 0 Å². The number of likely N-dealkylation sites (N-methyl/N-ethyl adjacent to an activating group) is 1. The van der Waals surface area contributed by atoms with Crippen molar-refractivity contribution in [1.82, 2.24) is 4.90 Å². The van der Waals surface area contributed by atoms with Crippen molar-refractivity contribution in [2.75, 3.05) is 13.6 Å². The Morgan fingerprint density at radius 1 is 1.43 bits per heavy atom. The van der Waals surface area contributed by atoms with E-state index in [0.29, 0.717) is 13.0 Å². The molecule has 14 heavy (non-hydrogen) atoms. The number of hydrogen-bond acceptors (Lipinski definition) is 2. The molecule has 0 bridgehead atoms. The second-order valence-electron chi connectivity index (χ2n) is 2.48. The third-order valence-corrected chi connectivity index (χ3v) is 1.75. The van der Waals surface area contributed by atoms with E-state index < -0.39 is 5.60 Å². The Kier molecular flexibility index (Phi) is 8.17. The van der Waals surface area contributed by atoms with Gasteiger partial charge in [0.05, 0.1) is 0 Å². The van der Waals surface area contributed by atoms with Gasteiger partial charge in [0, 0.05) is 20.0 Å². The van der Waals surface area contributed by atoms with E-state index in [9.17, 15) is 9.90 Å². The lowest BCUT2D eigenvalue weighted by Gasteiger charge is -2.12. The van der Waals surface area contributed by atoms with E-state index in [-0.39, 0.29) is 5.91 Å². The van der Waals surface area contributed by atoms with Crippen LogP contribution in [-0.2, 0) is 4.79 Å². The van der Waals surface area contributed by atoms with Crippen molar-refractivity contribution in [2.24, 2.45) is 0 Å². The first kappa shape index (κ1) is 15.5. The van der Waals surface area contributed by atoms with Gasteiger partial charge in [-0.05, 0) is 0 Å². The Morgan fingerprint density at radius 2 is 1.86 bits per heavy atom. The van der Waals surface area contributed by atoms with Gasteiger partial charge in [0.1, 0.15) is 0 Å². The fraction of sp³-hybridized carbons (Fsp3) is 0.727. The van der Waals surface area contributed by atoms with E-state index in [1.807, 2.05) is 27.7 Å². The van der Waals surface area contributed by atoms with E-state index in [4.69, 9.17) is 6.42 Å². The molecule has 1 saturated heterocycles. The van der Waals surface area contributed by atoms with Crippen LogP contribution in [0.1, 0.15) is 34.1 Å². The zero-order valence-corrected chi connectivity index (χ0v) is 9.79. The summed E-state index contributed by atoms with van der Waals surface area (Å²) in [6.07, 6.45) is 5.32. The molecule has 82 valence electrons. The minimum atomic E-state index is -1.52. The molecule has 1 unspecified atom stereocenters. The number of amides is 1. The molecule has 1 fully saturated rings. The molecular formula is C11H21NO2. The maximum atomic E-state index is 11.0. The van der Waals surface area contributed by atoms with Crippen LogP contribution in [0, 0.1) is 12.3 Å². The Labute approximate surface area is 87.1 Å². The molecule has 1 N–H and O–H groups in total. The number of carbonyl (C=O) groups is 1. The first-order valence-corrected chi connectivity index (χ1v) is 5.06. The predicted octanol–water partition coefficient (Wildman–Crippen LogP) is 1.27. The van der Waals surface area contributed by atoms with Gasteiger partial charge in [-0.25, -0.2) is 0 Å². The number of hydrogen-bond donors (Lipinski definition) is 1. The molecule has 0 saturated carbocycles. The van der Waals surface area contributed by atoms with Gasteiger partial charge in [0.15, 0.2) is 0 Å². The summed E-state index contributed by atoms with van der Waals surface area (Å²) in [5.41, 5.74) is -1.52. The second-order valence-corrected chi connectivity index (χ2v) is 2.48. The van der Waals surface area contributed by atoms with Gasteiger partial charge in [0.25, 0.3) is 5.91 Å². The number of likely N-dealkylation sites (tertiary alicyclic amines) is 1. The van der Waals surface area contributed by atoms with Crippen LogP contribution in [0.3, 0.4) is 0 Å². The summed E-state index contributed by atoms with van der Waals surface area (Å²) in [6, 6.07) is 0.